The van der Waals surface area contributed by atoms with Gasteiger partial charge in [-0.1, -0.05) is 48.0 Å². The summed E-state index contributed by atoms with van der Waals surface area (Å²) in [4.78, 5) is 1.26. The van der Waals surface area contributed by atoms with E-state index >= 15 is 0 Å². The van der Waals surface area contributed by atoms with Gasteiger partial charge in [0.1, 0.15) is 0 Å². The molecule has 2 aromatic carbocycles. The summed E-state index contributed by atoms with van der Waals surface area (Å²) in [7, 11) is 0. The lowest BCUT2D eigenvalue weighted by Gasteiger charge is -2.16. The van der Waals surface area contributed by atoms with E-state index in [1.807, 2.05) is 30.3 Å². The Morgan fingerprint density at radius 3 is 2.45 bits per heavy atom. The Kier molecular flexibility index (Phi) is 4.85. The summed E-state index contributed by atoms with van der Waals surface area (Å²) in [6, 6.07) is 16.5. The summed E-state index contributed by atoms with van der Waals surface area (Å²) < 4.78 is 0. The van der Waals surface area contributed by atoms with Crippen molar-refractivity contribution in [3.05, 3.63) is 65.2 Å². The Hall–Kier alpha value is -1.74. The van der Waals surface area contributed by atoms with Crippen LogP contribution in [-0.4, -0.2) is 11.6 Å². The maximum absolute atomic E-state index is 7.81. The molecule has 0 heterocycles. The van der Waals surface area contributed by atoms with E-state index in [4.69, 9.17) is 11.1 Å². The van der Waals surface area contributed by atoms with Crippen molar-refractivity contribution in [2.45, 2.75) is 24.7 Å². The summed E-state index contributed by atoms with van der Waals surface area (Å²) in [5, 5.41) is 7.81. The molecule has 2 aromatic rings. The van der Waals surface area contributed by atoms with E-state index in [9.17, 15) is 0 Å². The molecule has 1 unspecified atom stereocenters. The highest BCUT2D eigenvalue weighted by atomic mass is 32.2. The number of rotatable bonds is 5. The molecule has 0 radical (unpaired) electrons. The lowest BCUT2D eigenvalue weighted by Crippen LogP contribution is -2.22. The van der Waals surface area contributed by atoms with Gasteiger partial charge in [-0.15, -0.1) is 11.8 Å². The zero-order valence-electron chi connectivity index (χ0n) is 11.9. The highest BCUT2D eigenvalue weighted by Crippen LogP contribution is 2.29. The van der Waals surface area contributed by atoms with Gasteiger partial charge in [0.15, 0.2) is 0 Å². The van der Waals surface area contributed by atoms with Crippen LogP contribution in [0.15, 0.2) is 53.4 Å². The van der Waals surface area contributed by atoms with E-state index in [-0.39, 0.29) is 11.8 Å². The molecule has 0 spiro atoms. The van der Waals surface area contributed by atoms with Gasteiger partial charge in [0.05, 0.1) is 11.8 Å². The number of benzene rings is 2. The van der Waals surface area contributed by atoms with E-state index < -0.39 is 0 Å². The third-order valence-electron chi connectivity index (χ3n) is 3.31. The normalized spacial score (nSPS) is 12.1. The number of hydrogen-bond donors (Lipinski definition) is 2. The predicted octanol–water partition coefficient (Wildman–Crippen LogP) is 4.12. The van der Waals surface area contributed by atoms with Crippen LogP contribution in [0.2, 0.25) is 0 Å². The SMILES string of the molecule is Cc1ccc(SCC(C(=N)N)c2ccccc2)c(C)c1. The topological polar surface area (TPSA) is 49.9 Å². The summed E-state index contributed by atoms with van der Waals surface area (Å²) in [5.74, 6) is 0.999. The maximum atomic E-state index is 7.81. The van der Waals surface area contributed by atoms with Crippen molar-refractivity contribution in [2.24, 2.45) is 5.73 Å². The van der Waals surface area contributed by atoms with Gasteiger partial charge in [-0.05, 0) is 31.0 Å². The Bertz CT molecular complexity index is 593. The fourth-order valence-corrected chi connectivity index (χ4v) is 3.35. The molecule has 104 valence electrons. The van der Waals surface area contributed by atoms with E-state index in [1.165, 1.54) is 16.0 Å². The molecule has 3 N–H and O–H groups in total. The minimum atomic E-state index is -0.0260. The summed E-state index contributed by atoms with van der Waals surface area (Å²) in [6.07, 6.45) is 0. The van der Waals surface area contributed by atoms with Gasteiger partial charge < -0.3 is 5.73 Å². The van der Waals surface area contributed by atoms with E-state index in [2.05, 4.69) is 32.0 Å². The standard InChI is InChI=1S/C17H20N2S/c1-12-8-9-16(13(2)10-12)20-11-15(17(18)19)14-6-4-3-5-7-14/h3-10,15H,11H2,1-2H3,(H3,18,19). The van der Waals surface area contributed by atoms with Crippen molar-refractivity contribution >= 4 is 17.6 Å². The van der Waals surface area contributed by atoms with Crippen LogP contribution in [0.5, 0.6) is 0 Å². The van der Waals surface area contributed by atoms with Gasteiger partial charge in [0.2, 0.25) is 0 Å². The second kappa shape index (κ2) is 6.62. The smallest absolute Gasteiger partial charge is 0.0990 e. The molecule has 1 atom stereocenters. The first kappa shape index (κ1) is 14.7. The molecular weight excluding hydrogens is 264 g/mol. The highest BCUT2D eigenvalue weighted by molar-refractivity contribution is 7.99. The first-order valence-electron chi connectivity index (χ1n) is 6.67. The zero-order valence-corrected chi connectivity index (χ0v) is 12.7. The Morgan fingerprint density at radius 1 is 1.15 bits per heavy atom. The van der Waals surface area contributed by atoms with Crippen LogP contribution in [-0.2, 0) is 0 Å². The van der Waals surface area contributed by atoms with Crippen LogP contribution < -0.4 is 5.73 Å². The number of amidine groups is 1. The second-order valence-corrected chi connectivity index (χ2v) is 6.06. The van der Waals surface area contributed by atoms with Crippen LogP contribution in [0.4, 0.5) is 0 Å². The van der Waals surface area contributed by atoms with Crippen molar-refractivity contribution < 1.29 is 0 Å². The lowest BCUT2D eigenvalue weighted by atomic mass is 10.0. The Balaban J connectivity index is 2.12. The van der Waals surface area contributed by atoms with Crippen LogP contribution in [0.25, 0.3) is 0 Å². The van der Waals surface area contributed by atoms with Gasteiger partial charge >= 0.3 is 0 Å². The quantitative estimate of drug-likeness (QED) is 0.493. The number of aryl methyl sites for hydroxylation is 2. The highest BCUT2D eigenvalue weighted by Gasteiger charge is 2.15. The molecule has 0 saturated heterocycles. The predicted molar refractivity (Wildman–Crippen MR) is 87.7 cm³/mol. The van der Waals surface area contributed by atoms with Crippen molar-refractivity contribution in [3.8, 4) is 0 Å². The minimum absolute atomic E-state index is 0.0260. The molecule has 0 fully saturated rings. The van der Waals surface area contributed by atoms with Crippen molar-refractivity contribution in [3.63, 3.8) is 0 Å². The lowest BCUT2D eigenvalue weighted by molar-refractivity contribution is 1.00. The van der Waals surface area contributed by atoms with E-state index in [0.717, 1.165) is 11.3 Å². The third-order valence-corrected chi connectivity index (χ3v) is 4.58. The minimum Gasteiger partial charge on any atom is -0.387 e. The van der Waals surface area contributed by atoms with Gasteiger partial charge in [-0.2, -0.15) is 0 Å². The molecule has 0 amide bonds. The number of nitrogens with two attached hydrogens (primary N) is 1. The first-order chi connectivity index (χ1) is 9.58. The third kappa shape index (κ3) is 3.64. The van der Waals surface area contributed by atoms with Crippen LogP contribution in [0, 0.1) is 19.3 Å². The monoisotopic (exact) mass is 284 g/mol. The molecule has 2 nitrogen and oxygen atoms in total. The summed E-state index contributed by atoms with van der Waals surface area (Å²) in [5.41, 5.74) is 9.43. The molecule has 0 aliphatic carbocycles. The maximum Gasteiger partial charge on any atom is 0.0990 e. The van der Waals surface area contributed by atoms with Gasteiger partial charge in [-0.3, -0.25) is 5.41 Å². The molecule has 0 aromatic heterocycles. The first-order valence-corrected chi connectivity index (χ1v) is 7.65. The Morgan fingerprint density at radius 2 is 1.85 bits per heavy atom. The molecule has 2 rings (SSSR count). The molecule has 3 heteroatoms. The molecule has 20 heavy (non-hydrogen) atoms. The summed E-state index contributed by atoms with van der Waals surface area (Å²) in [6.45, 7) is 4.23. The largest absolute Gasteiger partial charge is 0.387 e. The molecule has 0 saturated carbocycles. The molecule has 0 aliphatic rings. The van der Waals surface area contributed by atoms with Crippen LogP contribution in [0.1, 0.15) is 22.6 Å². The fraction of sp³-hybridized carbons (Fsp3) is 0.235. The van der Waals surface area contributed by atoms with Crippen LogP contribution in [0.3, 0.4) is 0 Å². The van der Waals surface area contributed by atoms with E-state index in [0.29, 0.717) is 0 Å². The zero-order chi connectivity index (χ0) is 14.5. The molecule has 0 aliphatic heterocycles. The van der Waals surface area contributed by atoms with Gasteiger partial charge in [0.25, 0.3) is 0 Å². The fourth-order valence-electron chi connectivity index (χ4n) is 2.19. The van der Waals surface area contributed by atoms with Crippen molar-refractivity contribution in [1.29, 1.82) is 5.41 Å². The van der Waals surface area contributed by atoms with Gasteiger partial charge in [-0.25, -0.2) is 0 Å². The van der Waals surface area contributed by atoms with E-state index in [1.54, 1.807) is 11.8 Å². The van der Waals surface area contributed by atoms with Crippen LogP contribution >= 0.6 is 11.8 Å². The number of nitrogens with one attached hydrogen (secondary N) is 1. The second-order valence-electron chi connectivity index (χ2n) is 5.00. The molecule has 0 bridgehead atoms. The molecular formula is C17H20N2S. The number of hydrogen-bond acceptors (Lipinski definition) is 2. The summed E-state index contributed by atoms with van der Waals surface area (Å²) >= 11 is 1.77. The van der Waals surface area contributed by atoms with Gasteiger partial charge in [0, 0.05) is 10.6 Å². The number of thioether (sulfide) groups is 1. The van der Waals surface area contributed by atoms with Crippen molar-refractivity contribution in [2.75, 3.05) is 5.75 Å². The Labute approximate surface area is 124 Å². The average molecular weight is 284 g/mol. The van der Waals surface area contributed by atoms with Crippen molar-refractivity contribution in [1.82, 2.24) is 0 Å². The average Bonchev–Trinajstić information content (AvgIpc) is 2.42.